The first-order valence-corrected chi connectivity index (χ1v) is 9.73. The number of carbonyl (C=O) groups excluding carboxylic acids is 2. The number of hydrogen-bond acceptors (Lipinski definition) is 4. The zero-order valence-electron chi connectivity index (χ0n) is 16.3. The summed E-state index contributed by atoms with van der Waals surface area (Å²) in [7, 11) is 1.91. The lowest BCUT2D eigenvalue weighted by Gasteiger charge is -2.47. The van der Waals surface area contributed by atoms with Gasteiger partial charge in [-0.2, -0.15) is 5.10 Å². The normalized spacial score (nSPS) is 29.2. The molecular weight excluding hydrogens is 330 g/mol. The van der Waals surface area contributed by atoms with Crippen LogP contribution in [0.1, 0.15) is 45.1 Å². The monoisotopic (exact) mass is 361 g/mol. The van der Waals surface area contributed by atoms with Crippen LogP contribution in [0.15, 0.2) is 12.4 Å². The molecule has 3 heterocycles. The molecule has 144 valence electrons. The van der Waals surface area contributed by atoms with Crippen molar-refractivity contribution >= 4 is 11.8 Å². The zero-order chi connectivity index (χ0) is 18.8. The van der Waals surface area contributed by atoms with E-state index in [1.54, 1.807) is 11.6 Å². The van der Waals surface area contributed by atoms with Gasteiger partial charge >= 0.3 is 0 Å². The van der Waals surface area contributed by atoms with Crippen LogP contribution in [0, 0.1) is 5.92 Å². The van der Waals surface area contributed by atoms with Gasteiger partial charge < -0.3 is 15.1 Å². The van der Waals surface area contributed by atoms with Crippen molar-refractivity contribution in [3.05, 3.63) is 18.0 Å². The maximum absolute atomic E-state index is 13.5. The Balaban J connectivity index is 1.79. The van der Waals surface area contributed by atoms with Crippen molar-refractivity contribution in [1.29, 1.82) is 0 Å². The molecule has 7 nitrogen and oxygen atoms in total. The minimum Gasteiger partial charge on any atom is -0.336 e. The first-order valence-electron chi connectivity index (χ1n) is 9.73. The number of piperazine rings is 1. The number of carbonyl (C=O) groups is 2. The maximum atomic E-state index is 13.5. The molecule has 2 aliphatic heterocycles. The van der Waals surface area contributed by atoms with Crippen LogP contribution in [0.3, 0.4) is 0 Å². The van der Waals surface area contributed by atoms with Crippen LogP contribution in [0.25, 0.3) is 0 Å². The number of aromatic nitrogens is 2. The summed E-state index contributed by atoms with van der Waals surface area (Å²) >= 11 is 0. The molecule has 3 rings (SSSR count). The first-order chi connectivity index (χ1) is 12.5. The van der Waals surface area contributed by atoms with Crippen LogP contribution >= 0.6 is 0 Å². The van der Waals surface area contributed by atoms with E-state index in [1.165, 1.54) is 0 Å². The Kier molecular flexibility index (Phi) is 5.65. The minimum absolute atomic E-state index is 0.0605. The van der Waals surface area contributed by atoms with E-state index in [0.29, 0.717) is 19.6 Å². The Morgan fingerprint density at radius 2 is 1.81 bits per heavy atom. The topological polar surface area (TPSA) is 70.5 Å². The van der Waals surface area contributed by atoms with E-state index in [9.17, 15) is 9.59 Å². The van der Waals surface area contributed by atoms with Crippen molar-refractivity contribution in [2.45, 2.75) is 51.6 Å². The molecule has 2 fully saturated rings. The summed E-state index contributed by atoms with van der Waals surface area (Å²) in [6.07, 6.45) is 5.62. The van der Waals surface area contributed by atoms with Gasteiger partial charge in [-0.15, -0.1) is 0 Å². The zero-order valence-corrected chi connectivity index (χ0v) is 16.3. The smallest absolute Gasteiger partial charge is 0.228 e. The lowest BCUT2D eigenvalue weighted by atomic mass is 9.88. The van der Waals surface area contributed by atoms with Gasteiger partial charge in [-0.3, -0.25) is 14.3 Å². The highest BCUT2D eigenvalue weighted by atomic mass is 16.2. The quantitative estimate of drug-likeness (QED) is 0.868. The molecule has 1 aromatic heterocycles. The van der Waals surface area contributed by atoms with Crippen molar-refractivity contribution < 1.29 is 9.59 Å². The number of aryl methyl sites for hydroxylation is 1. The van der Waals surface area contributed by atoms with Crippen molar-refractivity contribution in [1.82, 2.24) is 24.9 Å². The second-order valence-electron chi connectivity index (χ2n) is 7.60. The van der Waals surface area contributed by atoms with E-state index in [-0.39, 0.29) is 35.7 Å². The standard InChI is InChI=1S/C19H31N5O2/c1-5-15-12-24(16(6-2)11-23(15)13(3)25)19(26)18-9-20-8-17(18)14-7-21-22(4)10-14/h7,10,15-18,20H,5-6,8-9,11-12H2,1-4H3/t15?,16?,17-,18+/m1/s1. The summed E-state index contributed by atoms with van der Waals surface area (Å²) in [5.74, 6) is 0.435. The van der Waals surface area contributed by atoms with Crippen molar-refractivity contribution in [2.24, 2.45) is 13.0 Å². The number of rotatable bonds is 4. The molecule has 7 heteroatoms. The van der Waals surface area contributed by atoms with E-state index >= 15 is 0 Å². The SMILES string of the molecule is CCC1CN(C(=O)[C@H]2CNC[C@@H]2c2cnn(C)c2)C(CC)CN1C(C)=O. The third-order valence-electron chi connectivity index (χ3n) is 6.01. The number of amides is 2. The Morgan fingerprint density at radius 3 is 2.38 bits per heavy atom. The summed E-state index contributed by atoms with van der Waals surface area (Å²) in [6, 6.07) is 0.217. The second kappa shape index (κ2) is 7.78. The molecule has 4 atom stereocenters. The molecule has 0 bridgehead atoms. The molecule has 0 aromatic carbocycles. The average molecular weight is 361 g/mol. The van der Waals surface area contributed by atoms with Gasteiger partial charge in [-0.25, -0.2) is 0 Å². The van der Waals surface area contributed by atoms with Crippen LogP contribution in [-0.2, 0) is 16.6 Å². The molecule has 0 saturated carbocycles. The Hall–Kier alpha value is -1.89. The number of hydrogen-bond donors (Lipinski definition) is 1. The lowest BCUT2D eigenvalue weighted by molar-refractivity contribution is -0.148. The lowest BCUT2D eigenvalue weighted by Crippen LogP contribution is -2.61. The van der Waals surface area contributed by atoms with Crippen molar-refractivity contribution in [3.63, 3.8) is 0 Å². The minimum atomic E-state index is -0.0605. The second-order valence-corrected chi connectivity index (χ2v) is 7.60. The predicted octanol–water partition coefficient (Wildman–Crippen LogP) is 0.971. The van der Waals surface area contributed by atoms with Gasteiger partial charge in [-0.05, 0) is 18.4 Å². The van der Waals surface area contributed by atoms with Gasteiger partial charge in [-0.1, -0.05) is 13.8 Å². The highest BCUT2D eigenvalue weighted by Crippen LogP contribution is 2.31. The third-order valence-corrected chi connectivity index (χ3v) is 6.01. The molecule has 2 aliphatic rings. The van der Waals surface area contributed by atoms with E-state index < -0.39 is 0 Å². The summed E-state index contributed by atoms with van der Waals surface area (Å²) in [4.78, 5) is 29.5. The molecule has 0 aliphatic carbocycles. The molecule has 1 N–H and O–H groups in total. The fourth-order valence-corrected chi connectivity index (χ4v) is 4.44. The molecule has 2 amide bonds. The average Bonchev–Trinajstić information content (AvgIpc) is 3.28. The van der Waals surface area contributed by atoms with Gasteiger partial charge in [0.2, 0.25) is 11.8 Å². The van der Waals surface area contributed by atoms with Gasteiger partial charge in [0.05, 0.1) is 12.1 Å². The van der Waals surface area contributed by atoms with Crippen LogP contribution in [0.2, 0.25) is 0 Å². The predicted molar refractivity (Wildman–Crippen MR) is 99.6 cm³/mol. The largest absolute Gasteiger partial charge is 0.336 e. The molecule has 2 unspecified atom stereocenters. The highest BCUT2D eigenvalue weighted by molar-refractivity contribution is 5.82. The molecule has 0 spiro atoms. The van der Waals surface area contributed by atoms with E-state index in [1.807, 2.05) is 24.3 Å². The Bertz CT molecular complexity index is 658. The van der Waals surface area contributed by atoms with E-state index in [4.69, 9.17) is 0 Å². The fraction of sp³-hybridized carbons (Fsp3) is 0.737. The summed E-state index contributed by atoms with van der Waals surface area (Å²) in [5.41, 5.74) is 1.12. The van der Waals surface area contributed by atoms with Crippen LogP contribution in [0.5, 0.6) is 0 Å². The number of nitrogens with zero attached hydrogens (tertiary/aromatic N) is 4. The van der Waals surface area contributed by atoms with Gasteiger partial charge in [0.25, 0.3) is 0 Å². The van der Waals surface area contributed by atoms with Gasteiger partial charge in [0, 0.05) is 64.3 Å². The van der Waals surface area contributed by atoms with E-state index in [2.05, 4.69) is 29.2 Å². The van der Waals surface area contributed by atoms with E-state index in [0.717, 1.165) is 24.9 Å². The van der Waals surface area contributed by atoms with Gasteiger partial charge in [0.15, 0.2) is 0 Å². The highest BCUT2D eigenvalue weighted by Gasteiger charge is 2.42. The Morgan fingerprint density at radius 1 is 1.15 bits per heavy atom. The fourth-order valence-electron chi connectivity index (χ4n) is 4.44. The first kappa shape index (κ1) is 18.9. The van der Waals surface area contributed by atoms with Crippen LogP contribution < -0.4 is 5.32 Å². The molecule has 0 radical (unpaired) electrons. The van der Waals surface area contributed by atoms with Gasteiger partial charge in [0.1, 0.15) is 0 Å². The summed E-state index contributed by atoms with van der Waals surface area (Å²) < 4.78 is 1.79. The Labute approximate surface area is 155 Å². The maximum Gasteiger partial charge on any atom is 0.228 e. The summed E-state index contributed by atoms with van der Waals surface area (Å²) in [6.45, 7) is 8.62. The molecule has 26 heavy (non-hydrogen) atoms. The van der Waals surface area contributed by atoms with Crippen molar-refractivity contribution in [2.75, 3.05) is 26.2 Å². The summed E-state index contributed by atoms with van der Waals surface area (Å²) in [5, 5.41) is 7.66. The molecular formula is C19H31N5O2. The third kappa shape index (κ3) is 3.49. The molecule has 1 aromatic rings. The number of nitrogens with one attached hydrogen (secondary N) is 1. The molecule has 2 saturated heterocycles. The van der Waals surface area contributed by atoms with Crippen LogP contribution in [-0.4, -0.2) is 69.7 Å². The van der Waals surface area contributed by atoms with Crippen molar-refractivity contribution in [3.8, 4) is 0 Å². The van der Waals surface area contributed by atoms with Crippen LogP contribution in [0.4, 0.5) is 0 Å².